The summed E-state index contributed by atoms with van der Waals surface area (Å²) in [6.07, 6.45) is 1.10. The molecule has 0 unspecified atom stereocenters. The largest absolute Gasteiger partial charge is 0.460 e. The Balaban J connectivity index is 2.75. The number of tetrazole rings is 1. The quantitative estimate of drug-likeness (QED) is 0.609. The van der Waals surface area contributed by atoms with E-state index in [9.17, 15) is 13.2 Å². The predicted molar refractivity (Wildman–Crippen MR) is 53.5 cm³/mol. The Hall–Kier alpha value is -1.51. The predicted octanol–water partition coefficient (Wildman–Crippen LogP) is -1.11. The van der Waals surface area contributed by atoms with E-state index in [2.05, 4.69) is 15.5 Å². The lowest BCUT2D eigenvalue weighted by Gasteiger charge is -2.02. The van der Waals surface area contributed by atoms with Crippen LogP contribution < -0.4 is 0 Å². The molecular weight excluding hydrogens is 236 g/mol. The third kappa shape index (κ3) is 3.57. The molecule has 0 radical (unpaired) electrons. The Labute approximate surface area is 92.5 Å². The van der Waals surface area contributed by atoms with Crippen LogP contribution in [0.2, 0.25) is 0 Å². The van der Waals surface area contributed by atoms with Crippen molar-refractivity contribution in [1.29, 1.82) is 0 Å². The number of esters is 1. The van der Waals surface area contributed by atoms with Gasteiger partial charge in [0.15, 0.2) is 0 Å². The molecule has 0 aliphatic rings. The number of carbonyl (C=O) groups excluding carboxylic acids is 1. The molecule has 0 aliphatic heterocycles. The molecule has 0 N–H and O–H groups in total. The van der Waals surface area contributed by atoms with Crippen molar-refractivity contribution in [2.45, 2.75) is 13.5 Å². The standard InChI is InChI=1S/C7H12N4O4S/c1-3-15-7(12)6-8-9-10-11(6)4-5-16(2,13)14/h3-5H2,1-2H3. The Morgan fingerprint density at radius 1 is 1.50 bits per heavy atom. The first-order valence-corrected chi connectivity index (χ1v) is 6.61. The molecule has 0 atom stereocenters. The first-order chi connectivity index (χ1) is 7.44. The highest BCUT2D eigenvalue weighted by atomic mass is 32.2. The molecular formula is C7H12N4O4S. The fraction of sp³-hybridized carbons (Fsp3) is 0.714. The number of sulfone groups is 1. The molecule has 1 heterocycles. The number of aromatic nitrogens is 4. The minimum atomic E-state index is -3.12. The van der Waals surface area contributed by atoms with Crippen molar-refractivity contribution in [2.24, 2.45) is 0 Å². The van der Waals surface area contributed by atoms with E-state index in [-0.39, 0.29) is 24.7 Å². The fourth-order valence-electron chi connectivity index (χ4n) is 0.949. The number of ether oxygens (including phenoxy) is 1. The average molecular weight is 248 g/mol. The van der Waals surface area contributed by atoms with Gasteiger partial charge in [0.2, 0.25) is 0 Å². The monoisotopic (exact) mass is 248 g/mol. The lowest BCUT2D eigenvalue weighted by molar-refractivity contribution is 0.0504. The first kappa shape index (κ1) is 12.6. The van der Waals surface area contributed by atoms with Gasteiger partial charge in [-0.15, -0.1) is 5.10 Å². The molecule has 0 spiro atoms. The van der Waals surface area contributed by atoms with E-state index in [4.69, 9.17) is 4.74 Å². The van der Waals surface area contributed by atoms with Crippen LogP contribution in [0, 0.1) is 0 Å². The molecule has 1 rings (SSSR count). The highest BCUT2D eigenvalue weighted by Gasteiger charge is 2.17. The second-order valence-corrected chi connectivity index (χ2v) is 5.34. The minimum Gasteiger partial charge on any atom is -0.460 e. The number of rotatable bonds is 5. The summed E-state index contributed by atoms with van der Waals surface area (Å²) in [5.41, 5.74) is 0. The summed E-state index contributed by atoms with van der Waals surface area (Å²) >= 11 is 0. The van der Waals surface area contributed by atoms with E-state index in [0.717, 1.165) is 10.9 Å². The maximum Gasteiger partial charge on any atom is 0.378 e. The summed E-state index contributed by atoms with van der Waals surface area (Å²) in [6.45, 7) is 1.89. The van der Waals surface area contributed by atoms with Gasteiger partial charge in [0.25, 0.3) is 5.82 Å². The van der Waals surface area contributed by atoms with Crippen molar-refractivity contribution < 1.29 is 17.9 Å². The van der Waals surface area contributed by atoms with E-state index in [1.807, 2.05) is 0 Å². The Morgan fingerprint density at radius 2 is 2.19 bits per heavy atom. The lowest BCUT2D eigenvalue weighted by Crippen LogP contribution is -2.18. The molecule has 0 aromatic carbocycles. The molecule has 8 nitrogen and oxygen atoms in total. The van der Waals surface area contributed by atoms with Crippen LogP contribution in [0.3, 0.4) is 0 Å². The van der Waals surface area contributed by atoms with E-state index >= 15 is 0 Å². The van der Waals surface area contributed by atoms with Crippen LogP contribution in [0.5, 0.6) is 0 Å². The van der Waals surface area contributed by atoms with Gasteiger partial charge in [-0.2, -0.15) is 0 Å². The van der Waals surface area contributed by atoms with Gasteiger partial charge in [-0.05, 0) is 17.4 Å². The molecule has 0 fully saturated rings. The van der Waals surface area contributed by atoms with Crippen molar-refractivity contribution >= 4 is 15.8 Å². The van der Waals surface area contributed by atoms with E-state index < -0.39 is 15.8 Å². The van der Waals surface area contributed by atoms with E-state index in [1.165, 1.54) is 0 Å². The second-order valence-electron chi connectivity index (χ2n) is 3.08. The van der Waals surface area contributed by atoms with Crippen LogP contribution >= 0.6 is 0 Å². The summed E-state index contributed by atoms with van der Waals surface area (Å²) in [5.74, 6) is -0.892. The van der Waals surface area contributed by atoms with Gasteiger partial charge in [-0.1, -0.05) is 0 Å². The Kier molecular flexibility index (Phi) is 3.93. The molecule has 0 saturated heterocycles. The third-order valence-electron chi connectivity index (χ3n) is 1.66. The number of hydrogen-bond acceptors (Lipinski definition) is 7. The number of hydrogen-bond donors (Lipinski definition) is 0. The van der Waals surface area contributed by atoms with Crippen LogP contribution in [0.15, 0.2) is 0 Å². The first-order valence-electron chi connectivity index (χ1n) is 4.55. The third-order valence-corrected chi connectivity index (χ3v) is 2.59. The zero-order valence-corrected chi connectivity index (χ0v) is 9.77. The molecule has 1 aromatic rings. The fourth-order valence-corrected chi connectivity index (χ4v) is 1.45. The molecule has 0 saturated carbocycles. The van der Waals surface area contributed by atoms with Crippen LogP contribution in [0.1, 0.15) is 17.5 Å². The molecule has 1 aromatic heterocycles. The van der Waals surface area contributed by atoms with Gasteiger partial charge < -0.3 is 4.74 Å². The van der Waals surface area contributed by atoms with Crippen molar-refractivity contribution in [3.05, 3.63) is 5.82 Å². The molecule has 0 bridgehead atoms. The SMILES string of the molecule is CCOC(=O)c1nnnn1CCS(C)(=O)=O. The normalized spacial score (nSPS) is 11.4. The molecule has 90 valence electrons. The average Bonchev–Trinajstić information content (AvgIpc) is 2.61. The Morgan fingerprint density at radius 3 is 2.75 bits per heavy atom. The van der Waals surface area contributed by atoms with Gasteiger partial charge in [0.05, 0.1) is 18.9 Å². The smallest absolute Gasteiger partial charge is 0.378 e. The number of aryl methyl sites for hydroxylation is 1. The van der Waals surface area contributed by atoms with Crippen LogP contribution in [-0.2, 0) is 21.1 Å². The topological polar surface area (TPSA) is 104 Å². The van der Waals surface area contributed by atoms with Gasteiger partial charge in [0, 0.05) is 6.26 Å². The minimum absolute atomic E-state index is 0.0278. The highest BCUT2D eigenvalue weighted by molar-refractivity contribution is 7.90. The highest BCUT2D eigenvalue weighted by Crippen LogP contribution is 1.97. The summed E-state index contributed by atoms with van der Waals surface area (Å²) < 4.78 is 27.7. The van der Waals surface area contributed by atoms with Gasteiger partial charge in [0.1, 0.15) is 9.84 Å². The maximum absolute atomic E-state index is 11.3. The Bertz CT molecular complexity index is 466. The van der Waals surface area contributed by atoms with Crippen LogP contribution in [0.25, 0.3) is 0 Å². The zero-order valence-electron chi connectivity index (χ0n) is 8.95. The summed E-state index contributed by atoms with van der Waals surface area (Å²) in [5, 5.41) is 10.3. The van der Waals surface area contributed by atoms with Crippen molar-refractivity contribution in [3.8, 4) is 0 Å². The summed E-state index contributed by atoms with van der Waals surface area (Å²) in [6, 6.07) is 0. The lowest BCUT2D eigenvalue weighted by atomic mass is 10.6. The van der Waals surface area contributed by atoms with Gasteiger partial charge in [-0.3, -0.25) is 0 Å². The maximum atomic E-state index is 11.3. The van der Waals surface area contributed by atoms with Crippen molar-refractivity contribution in [1.82, 2.24) is 20.2 Å². The van der Waals surface area contributed by atoms with E-state index in [0.29, 0.717) is 0 Å². The van der Waals surface area contributed by atoms with E-state index in [1.54, 1.807) is 6.92 Å². The molecule has 0 amide bonds. The van der Waals surface area contributed by atoms with Crippen molar-refractivity contribution in [2.75, 3.05) is 18.6 Å². The van der Waals surface area contributed by atoms with Gasteiger partial charge in [-0.25, -0.2) is 17.9 Å². The molecule has 16 heavy (non-hydrogen) atoms. The molecule has 0 aliphatic carbocycles. The van der Waals surface area contributed by atoms with Crippen LogP contribution in [-0.4, -0.2) is 53.2 Å². The van der Waals surface area contributed by atoms with Crippen molar-refractivity contribution in [3.63, 3.8) is 0 Å². The second kappa shape index (κ2) is 5.01. The number of carbonyl (C=O) groups is 1. The summed E-state index contributed by atoms with van der Waals surface area (Å²) in [4.78, 5) is 11.3. The van der Waals surface area contributed by atoms with Crippen LogP contribution in [0.4, 0.5) is 0 Å². The number of nitrogens with zero attached hydrogens (tertiary/aromatic N) is 4. The summed E-state index contributed by atoms with van der Waals surface area (Å²) in [7, 11) is -3.12. The van der Waals surface area contributed by atoms with Gasteiger partial charge >= 0.3 is 5.97 Å². The molecule has 9 heteroatoms. The zero-order chi connectivity index (χ0) is 12.2.